The number of allylic oxidation sites excluding steroid dienone is 1. The minimum Gasteiger partial charge on any atom is -0.467 e. The van der Waals surface area contributed by atoms with Gasteiger partial charge < -0.3 is 14.9 Å². The van der Waals surface area contributed by atoms with E-state index in [9.17, 15) is 19.8 Å². The molecule has 0 aliphatic heterocycles. The van der Waals surface area contributed by atoms with Gasteiger partial charge in [-0.2, -0.15) is 0 Å². The molecule has 0 spiro atoms. The van der Waals surface area contributed by atoms with Gasteiger partial charge in [0.05, 0.1) is 18.6 Å². The van der Waals surface area contributed by atoms with Gasteiger partial charge in [-0.05, 0) is 63.5 Å². The van der Waals surface area contributed by atoms with Crippen LogP contribution in [-0.4, -0.2) is 40.3 Å². The first-order valence-corrected chi connectivity index (χ1v) is 11.4. The Morgan fingerprint density at radius 3 is 2.50 bits per heavy atom. The van der Waals surface area contributed by atoms with Gasteiger partial charge in [-0.1, -0.05) is 37.8 Å². The number of rotatable bonds is 11. The van der Waals surface area contributed by atoms with Crippen LogP contribution in [0.15, 0.2) is 30.0 Å². The van der Waals surface area contributed by atoms with Crippen molar-refractivity contribution in [1.29, 1.82) is 0 Å². The highest BCUT2D eigenvalue weighted by Gasteiger charge is 2.49. The van der Waals surface area contributed by atoms with E-state index in [1.807, 2.05) is 19.1 Å². The minimum atomic E-state index is -1.81. The summed E-state index contributed by atoms with van der Waals surface area (Å²) in [5.41, 5.74) is 0.504. The number of ether oxygens (including phenoxy) is 1. The standard InChI is InChI=1S/C25H38O5/c1-24(28,19-16-20-12-7-8-13-20)17-9-5-3-4-6-10-18-25(29,23(27)30-2)21-14-11-15-22(21)26/h4-5,9-10,20-21,28-29H,3,7-8,11-19H2,1-2H3/b9-5+/t6?,21-,24?,25+/m0/s1. The largest absolute Gasteiger partial charge is 0.467 e. The van der Waals surface area contributed by atoms with Crippen LogP contribution < -0.4 is 0 Å². The number of carbonyl (C=O) groups excluding carboxylic acids is 2. The number of hydrogen-bond acceptors (Lipinski definition) is 5. The third-order valence-electron chi connectivity index (χ3n) is 6.61. The normalized spacial score (nSPS) is 23.7. The predicted octanol–water partition coefficient (Wildman–Crippen LogP) is 4.42. The monoisotopic (exact) mass is 418 g/mol. The average Bonchev–Trinajstić information content (AvgIpc) is 3.39. The van der Waals surface area contributed by atoms with Crippen molar-refractivity contribution in [3.05, 3.63) is 30.0 Å². The molecule has 2 aliphatic carbocycles. The Morgan fingerprint density at radius 2 is 1.87 bits per heavy atom. The van der Waals surface area contributed by atoms with Gasteiger partial charge in [-0.3, -0.25) is 4.79 Å². The van der Waals surface area contributed by atoms with E-state index in [0.717, 1.165) is 18.8 Å². The molecule has 0 bridgehead atoms. The minimum absolute atomic E-state index is 0.00612. The molecular formula is C25H38O5. The summed E-state index contributed by atoms with van der Waals surface area (Å²) in [4.78, 5) is 24.1. The Kier molecular flexibility index (Phi) is 9.54. The number of Topliss-reactive ketones (excluding diaryl/α,β-unsaturated/α-hetero) is 1. The summed E-state index contributed by atoms with van der Waals surface area (Å²) in [5, 5.41) is 21.3. The summed E-state index contributed by atoms with van der Waals surface area (Å²) in [7, 11) is 1.22. The molecule has 0 aromatic heterocycles. The predicted molar refractivity (Wildman–Crippen MR) is 117 cm³/mol. The maximum atomic E-state index is 12.1. The SMILES string of the molecule is COC(=O)[C@@](O)(CC=C=CC/C=C/CC(C)(O)CCC1CCCC1)[C@H]1CCCC1=O. The molecule has 0 radical (unpaired) electrons. The maximum Gasteiger partial charge on any atom is 0.338 e. The Bertz CT molecular complexity index is 665. The number of hydrogen-bond donors (Lipinski definition) is 2. The number of carbonyl (C=O) groups is 2. The molecule has 0 saturated heterocycles. The van der Waals surface area contributed by atoms with Crippen molar-refractivity contribution in [2.75, 3.05) is 7.11 Å². The molecule has 2 saturated carbocycles. The van der Waals surface area contributed by atoms with Gasteiger partial charge in [0.2, 0.25) is 0 Å². The van der Waals surface area contributed by atoms with Crippen molar-refractivity contribution in [3.8, 4) is 0 Å². The van der Waals surface area contributed by atoms with E-state index >= 15 is 0 Å². The fourth-order valence-electron chi connectivity index (χ4n) is 4.65. The van der Waals surface area contributed by atoms with Crippen LogP contribution >= 0.6 is 0 Å². The Balaban J connectivity index is 1.77. The first-order valence-electron chi connectivity index (χ1n) is 11.4. The zero-order valence-electron chi connectivity index (χ0n) is 18.6. The molecule has 2 N–H and O–H groups in total. The van der Waals surface area contributed by atoms with Crippen LogP contribution in [0.1, 0.15) is 84.0 Å². The van der Waals surface area contributed by atoms with Crippen molar-refractivity contribution in [2.45, 2.75) is 95.2 Å². The highest BCUT2D eigenvalue weighted by Crippen LogP contribution is 2.35. The molecule has 168 valence electrons. The Morgan fingerprint density at radius 1 is 1.13 bits per heavy atom. The lowest BCUT2D eigenvalue weighted by molar-refractivity contribution is -0.170. The lowest BCUT2D eigenvalue weighted by Crippen LogP contribution is -2.48. The fraction of sp³-hybridized carbons (Fsp3) is 0.720. The van der Waals surface area contributed by atoms with Crippen LogP contribution in [-0.2, 0) is 14.3 Å². The van der Waals surface area contributed by atoms with Crippen LogP contribution in [0.4, 0.5) is 0 Å². The van der Waals surface area contributed by atoms with Crippen LogP contribution in [0.3, 0.4) is 0 Å². The molecule has 0 heterocycles. The molecule has 0 amide bonds. The lowest BCUT2D eigenvalue weighted by atomic mass is 9.82. The molecule has 2 rings (SSSR count). The third-order valence-corrected chi connectivity index (χ3v) is 6.61. The van der Waals surface area contributed by atoms with E-state index < -0.39 is 23.1 Å². The molecule has 2 aliphatic rings. The molecule has 1 unspecified atom stereocenters. The molecule has 30 heavy (non-hydrogen) atoms. The van der Waals surface area contributed by atoms with Crippen LogP contribution in [0.5, 0.6) is 0 Å². The molecular weight excluding hydrogens is 380 g/mol. The Hall–Kier alpha value is -1.68. The zero-order chi connectivity index (χ0) is 22.0. The van der Waals surface area contributed by atoms with E-state index in [1.54, 1.807) is 12.2 Å². The summed E-state index contributed by atoms with van der Waals surface area (Å²) < 4.78 is 4.74. The topological polar surface area (TPSA) is 83.8 Å². The Labute approximate surface area is 180 Å². The second-order valence-corrected chi connectivity index (χ2v) is 9.20. The van der Waals surface area contributed by atoms with Crippen molar-refractivity contribution >= 4 is 11.8 Å². The fourth-order valence-corrected chi connectivity index (χ4v) is 4.65. The lowest BCUT2D eigenvalue weighted by Gasteiger charge is -2.28. The second-order valence-electron chi connectivity index (χ2n) is 9.20. The maximum absolute atomic E-state index is 12.1. The molecule has 0 aromatic carbocycles. The van der Waals surface area contributed by atoms with Crippen LogP contribution in [0.2, 0.25) is 0 Å². The highest BCUT2D eigenvalue weighted by molar-refractivity contribution is 5.92. The van der Waals surface area contributed by atoms with Gasteiger partial charge in [0.1, 0.15) is 5.78 Å². The number of esters is 1. The quantitative estimate of drug-likeness (QED) is 0.295. The summed E-state index contributed by atoms with van der Waals surface area (Å²) in [6, 6.07) is 0. The molecule has 5 nitrogen and oxygen atoms in total. The molecule has 2 fully saturated rings. The number of methoxy groups -OCH3 is 1. The first kappa shape index (κ1) is 24.6. The van der Waals surface area contributed by atoms with Gasteiger partial charge in [0.25, 0.3) is 0 Å². The molecule has 5 heteroatoms. The summed E-state index contributed by atoms with van der Waals surface area (Å²) in [5.74, 6) is -0.755. The van der Waals surface area contributed by atoms with E-state index in [0.29, 0.717) is 32.1 Å². The van der Waals surface area contributed by atoms with Crippen molar-refractivity contribution < 1.29 is 24.5 Å². The van der Waals surface area contributed by atoms with Gasteiger partial charge in [-0.25, -0.2) is 4.79 Å². The summed E-state index contributed by atoms with van der Waals surface area (Å²) in [6.45, 7) is 1.90. The second kappa shape index (κ2) is 11.6. The zero-order valence-corrected chi connectivity index (χ0v) is 18.6. The van der Waals surface area contributed by atoms with Gasteiger partial charge >= 0.3 is 5.97 Å². The molecule has 0 aromatic rings. The first-order chi connectivity index (χ1) is 14.3. The number of aliphatic hydroxyl groups is 2. The van der Waals surface area contributed by atoms with E-state index in [-0.39, 0.29) is 12.2 Å². The summed E-state index contributed by atoms with van der Waals surface area (Å²) in [6.07, 6.45) is 17.5. The van der Waals surface area contributed by atoms with Crippen LogP contribution in [0.25, 0.3) is 0 Å². The highest BCUT2D eigenvalue weighted by atomic mass is 16.5. The third kappa shape index (κ3) is 7.23. The van der Waals surface area contributed by atoms with Gasteiger partial charge in [0, 0.05) is 12.8 Å². The van der Waals surface area contributed by atoms with E-state index in [4.69, 9.17) is 4.74 Å². The van der Waals surface area contributed by atoms with E-state index in [1.165, 1.54) is 32.8 Å². The molecule has 3 atom stereocenters. The van der Waals surface area contributed by atoms with Gasteiger partial charge in [-0.15, -0.1) is 5.73 Å². The van der Waals surface area contributed by atoms with Crippen molar-refractivity contribution in [3.63, 3.8) is 0 Å². The summed E-state index contributed by atoms with van der Waals surface area (Å²) >= 11 is 0. The van der Waals surface area contributed by atoms with E-state index in [2.05, 4.69) is 5.73 Å². The average molecular weight is 419 g/mol. The van der Waals surface area contributed by atoms with Crippen LogP contribution in [0, 0.1) is 11.8 Å². The smallest absolute Gasteiger partial charge is 0.338 e. The van der Waals surface area contributed by atoms with Gasteiger partial charge in [0.15, 0.2) is 5.60 Å². The van der Waals surface area contributed by atoms with Crippen molar-refractivity contribution in [1.82, 2.24) is 0 Å². The number of ketones is 1. The van der Waals surface area contributed by atoms with Crippen molar-refractivity contribution in [2.24, 2.45) is 11.8 Å².